The minimum absolute atomic E-state index is 0.0541. The molecule has 0 fully saturated rings. The van der Waals surface area contributed by atoms with Gasteiger partial charge >= 0.3 is 6.03 Å². The summed E-state index contributed by atoms with van der Waals surface area (Å²) >= 11 is 0. The Hall–Kier alpha value is -1.91. The summed E-state index contributed by atoms with van der Waals surface area (Å²) in [7, 11) is 0. The summed E-state index contributed by atoms with van der Waals surface area (Å²) in [5.41, 5.74) is -0.0152. The molecule has 1 aromatic carbocycles. The number of carbonyl (C=O) groups excluding carboxylic acids is 1. The van der Waals surface area contributed by atoms with E-state index in [-0.39, 0.29) is 34.2 Å². The van der Waals surface area contributed by atoms with Crippen LogP contribution in [0.3, 0.4) is 0 Å². The zero-order valence-electron chi connectivity index (χ0n) is 12.7. The van der Waals surface area contributed by atoms with Crippen molar-refractivity contribution in [2.24, 2.45) is 5.41 Å². The molecule has 4 N–H and O–H groups in total. The third kappa shape index (κ3) is 5.38. The van der Waals surface area contributed by atoms with Crippen LogP contribution in [0.2, 0.25) is 0 Å². The molecule has 0 aromatic heterocycles. The van der Waals surface area contributed by atoms with Crippen LogP contribution in [0.4, 0.5) is 10.5 Å². The van der Waals surface area contributed by atoms with Crippen LogP contribution in [0.15, 0.2) is 18.2 Å². The Morgan fingerprint density at radius 2 is 1.75 bits per heavy atom. The zero-order chi connectivity index (χ0) is 15.6. The van der Waals surface area contributed by atoms with Crippen molar-refractivity contribution < 1.29 is 15.0 Å². The first-order valence-electron chi connectivity index (χ1n) is 6.60. The molecular weight excluding hydrogens is 256 g/mol. The maximum absolute atomic E-state index is 12.0. The molecule has 5 heteroatoms. The van der Waals surface area contributed by atoms with Gasteiger partial charge in [0.25, 0.3) is 0 Å². The number of carbonyl (C=O) groups is 1. The molecule has 0 radical (unpaired) electrons. The number of hydrogen-bond donors (Lipinski definition) is 4. The molecule has 0 saturated carbocycles. The molecule has 0 aliphatic heterocycles. The van der Waals surface area contributed by atoms with E-state index in [0.29, 0.717) is 0 Å². The van der Waals surface area contributed by atoms with E-state index in [4.69, 9.17) is 0 Å². The third-order valence-electron chi connectivity index (χ3n) is 2.65. The fourth-order valence-electron chi connectivity index (χ4n) is 2.46. The van der Waals surface area contributed by atoms with E-state index in [9.17, 15) is 15.0 Å². The van der Waals surface area contributed by atoms with Crippen LogP contribution in [0.25, 0.3) is 0 Å². The summed E-state index contributed by atoms with van der Waals surface area (Å²) < 4.78 is 0. The van der Waals surface area contributed by atoms with Crippen molar-refractivity contribution >= 4 is 11.7 Å². The number of phenols is 2. The fraction of sp³-hybridized carbons (Fsp3) is 0.533. The van der Waals surface area contributed by atoms with Crippen LogP contribution in [-0.4, -0.2) is 21.8 Å². The van der Waals surface area contributed by atoms with Gasteiger partial charge in [0.15, 0.2) is 0 Å². The lowest BCUT2D eigenvalue weighted by Crippen LogP contribution is -2.47. The maximum atomic E-state index is 12.0. The number of amides is 2. The molecule has 2 amide bonds. The van der Waals surface area contributed by atoms with E-state index in [1.54, 1.807) is 0 Å². The summed E-state index contributed by atoms with van der Waals surface area (Å²) in [6.45, 7) is 10.2. The molecule has 0 aliphatic carbocycles. The van der Waals surface area contributed by atoms with Gasteiger partial charge in [0, 0.05) is 11.6 Å². The number of benzene rings is 1. The number of nitrogens with one attached hydrogen (secondary N) is 2. The highest BCUT2D eigenvalue weighted by Gasteiger charge is 2.27. The molecule has 0 spiro atoms. The highest BCUT2D eigenvalue weighted by Crippen LogP contribution is 2.28. The van der Waals surface area contributed by atoms with Crippen molar-refractivity contribution in [2.75, 3.05) is 5.32 Å². The molecule has 0 unspecified atom stereocenters. The second-order valence-corrected chi connectivity index (χ2v) is 6.90. The summed E-state index contributed by atoms with van der Waals surface area (Å²) in [4.78, 5) is 12.0. The molecule has 1 rings (SSSR count). The van der Waals surface area contributed by atoms with Gasteiger partial charge in [-0.1, -0.05) is 20.8 Å². The van der Waals surface area contributed by atoms with Crippen LogP contribution in [-0.2, 0) is 0 Å². The Labute approximate surface area is 120 Å². The topological polar surface area (TPSA) is 81.6 Å². The van der Waals surface area contributed by atoms with Crippen molar-refractivity contribution in [3.05, 3.63) is 18.2 Å². The van der Waals surface area contributed by atoms with Gasteiger partial charge in [0.1, 0.15) is 11.5 Å². The Morgan fingerprint density at radius 1 is 1.15 bits per heavy atom. The number of hydrogen-bond acceptors (Lipinski definition) is 3. The maximum Gasteiger partial charge on any atom is 0.319 e. The highest BCUT2D eigenvalue weighted by molar-refractivity contribution is 5.91. The predicted molar refractivity (Wildman–Crippen MR) is 80.1 cm³/mol. The quantitative estimate of drug-likeness (QED) is 0.505. The monoisotopic (exact) mass is 280 g/mol. The molecule has 0 bridgehead atoms. The Balaban J connectivity index is 2.68. The van der Waals surface area contributed by atoms with Gasteiger partial charge < -0.3 is 20.8 Å². The van der Waals surface area contributed by atoms with Gasteiger partial charge in [-0.05, 0) is 37.8 Å². The summed E-state index contributed by atoms with van der Waals surface area (Å²) in [5.74, 6) is -0.227. The molecular formula is C15H24N2O3. The Morgan fingerprint density at radius 3 is 2.25 bits per heavy atom. The summed E-state index contributed by atoms with van der Waals surface area (Å²) in [5, 5.41) is 24.3. The average molecular weight is 280 g/mol. The van der Waals surface area contributed by atoms with Crippen LogP contribution >= 0.6 is 0 Å². The number of urea groups is 1. The first kappa shape index (κ1) is 16.1. The number of anilines is 1. The van der Waals surface area contributed by atoms with Gasteiger partial charge in [0.05, 0.1) is 5.69 Å². The summed E-state index contributed by atoms with van der Waals surface area (Å²) in [6.07, 6.45) is 0.814. The van der Waals surface area contributed by atoms with Crippen LogP contribution < -0.4 is 10.6 Å². The molecule has 112 valence electrons. The Bertz CT molecular complexity index is 490. The molecule has 1 aromatic rings. The van der Waals surface area contributed by atoms with E-state index >= 15 is 0 Å². The van der Waals surface area contributed by atoms with E-state index in [1.165, 1.54) is 18.2 Å². The highest BCUT2D eigenvalue weighted by atomic mass is 16.3. The molecule has 0 heterocycles. The Kier molecular flexibility index (Phi) is 4.53. The number of rotatable bonds is 3. The van der Waals surface area contributed by atoms with Crippen LogP contribution in [0.1, 0.15) is 41.0 Å². The van der Waals surface area contributed by atoms with Gasteiger partial charge in [-0.3, -0.25) is 0 Å². The molecule has 0 saturated heterocycles. The molecule has 20 heavy (non-hydrogen) atoms. The minimum Gasteiger partial charge on any atom is -0.508 e. The van der Waals surface area contributed by atoms with E-state index in [0.717, 1.165) is 6.42 Å². The van der Waals surface area contributed by atoms with Crippen molar-refractivity contribution in [1.29, 1.82) is 0 Å². The zero-order valence-corrected chi connectivity index (χ0v) is 12.7. The van der Waals surface area contributed by atoms with Gasteiger partial charge in [0.2, 0.25) is 0 Å². The lowest BCUT2D eigenvalue weighted by molar-refractivity contribution is 0.220. The lowest BCUT2D eigenvalue weighted by atomic mass is 9.82. The fourth-order valence-corrected chi connectivity index (χ4v) is 2.46. The SMILES string of the molecule is CC(C)(C)CC(C)(C)NC(=O)Nc1ccc(O)cc1O. The minimum atomic E-state index is -0.389. The van der Waals surface area contributed by atoms with E-state index < -0.39 is 0 Å². The average Bonchev–Trinajstić information content (AvgIpc) is 2.17. The summed E-state index contributed by atoms with van der Waals surface area (Å²) in [6, 6.07) is 3.63. The molecule has 5 nitrogen and oxygen atoms in total. The third-order valence-corrected chi connectivity index (χ3v) is 2.65. The normalized spacial score (nSPS) is 12.1. The van der Waals surface area contributed by atoms with Crippen molar-refractivity contribution in [3.63, 3.8) is 0 Å². The van der Waals surface area contributed by atoms with E-state index in [2.05, 4.69) is 31.4 Å². The first-order chi connectivity index (χ1) is 8.98. The lowest BCUT2D eigenvalue weighted by Gasteiger charge is -2.33. The smallest absolute Gasteiger partial charge is 0.319 e. The van der Waals surface area contributed by atoms with Gasteiger partial charge in [-0.15, -0.1) is 0 Å². The van der Waals surface area contributed by atoms with Gasteiger partial charge in [-0.2, -0.15) is 0 Å². The second-order valence-electron chi connectivity index (χ2n) is 6.90. The number of aromatic hydroxyl groups is 2. The standard InChI is InChI=1S/C15H24N2O3/c1-14(2,3)9-15(4,5)17-13(20)16-11-7-6-10(18)8-12(11)19/h6-8,18-19H,9H2,1-5H3,(H2,16,17,20). The largest absolute Gasteiger partial charge is 0.508 e. The van der Waals surface area contributed by atoms with Gasteiger partial charge in [-0.25, -0.2) is 4.79 Å². The van der Waals surface area contributed by atoms with Crippen molar-refractivity contribution in [3.8, 4) is 11.5 Å². The second kappa shape index (κ2) is 5.61. The molecule has 0 aliphatic rings. The molecule has 0 atom stereocenters. The van der Waals surface area contributed by atoms with Crippen LogP contribution in [0, 0.1) is 5.41 Å². The van der Waals surface area contributed by atoms with Crippen LogP contribution in [0.5, 0.6) is 11.5 Å². The predicted octanol–water partition coefficient (Wildman–Crippen LogP) is 3.43. The van der Waals surface area contributed by atoms with E-state index in [1.807, 2.05) is 13.8 Å². The van der Waals surface area contributed by atoms with Crippen molar-refractivity contribution in [1.82, 2.24) is 5.32 Å². The first-order valence-corrected chi connectivity index (χ1v) is 6.60. The number of phenolic OH excluding ortho intramolecular Hbond substituents is 2. The van der Waals surface area contributed by atoms with Crippen molar-refractivity contribution in [2.45, 2.75) is 46.6 Å².